The Morgan fingerprint density at radius 3 is 2.88 bits per heavy atom. The second kappa shape index (κ2) is 9.99. The molecule has 3 N–H and O–H groups in total. The molecule has 0 unspecified atom stereocenters. The van der Waals surface area contributed by atoms with E-state index in [0.29, 0.717) is 25.1 Å². The molecule has 25 heavy (non-hydrogen) atoms. The number of carbonyl (C=O) groups excluding carboxylic acids is 1. The number of nitrogens with two attached hydrogens (primary N) is 1. The van der Waals surface area contributed by atoms with Gasteiger partial charge in [-0.05, 0) is 36.2 Å². The van der Waals surface area contributed by atoms with Crippen molar-refractivity contribution < 1.29 is 9.53 Å². The molecule has 0 fully saturated rings. The highest BCUT2D eigenvalue weighted by Crippen LogP contribution is 2.14. The summed E-state index contributed by atoms with van der Waals surface area (Å²) in [7, 11) is 0. The van der Waals surface area contributed by atoms with Crippen LogP contribution in [0.1, 0.15) is 42.1 Å². The minimum absolute atomic E-state index is 0.223. The molecule has 0 bridgehead atoms. The summed E-state index contributed by atoms with van der Waals surface area (Å²) in [5.41, 5.74) is 7.03. The van der Waals surface area contributed by atoms with Crippen molar-refractivity contribution in [2.45, 2.75) is 32.7 Å². The average molecular weight is 337 g/mol. The van der Waals surface area contributed by atoms with E-state index in [4.69, 9.17) is 10.5 Å². The number of benzene rings is 1. The minimum atomic E-state index is -0.247. The van der Waals surface area contributed by atoms with Crippen molar-refractivity contribution in [2.75, 3.05) is 12.3 Å². The highest BCUT2D eigenvalue weighted by atomic mass is 16.5. The molecule has 0 radical (unpaired) electrons. The molecule has 1 aromatic heterocycles. The Morgan fingerprint density at radius 1 is 1.24 bits per heavy atom. The SMILES string of the molecule is CCCC#CCCOc1cccc(CNC(=O)c2cccnc2N)c1. The molecule has 5 nitrogen and oxygen atoms in total. The van der Waals surface area contributed by atoms with Crippen molar-refractivity contribution in [2.24, 2.45) is 0 Å². The summed E-state index contributed by atoms with van der Waals surface area (Å²) >= 11 is 0. The lowest BCUT2D eigenvalue weighted by Crippen LogP contribution is -2.24. The molecule has 5 heteroatoms. The van der Waals surface area contributed by atoms with Crippen LogP contribution in [0.5, 0.6) is 5.75 Å². The molecule has 1 heterocycles. The van der Waals surface area contributed by atoms with Crippen molar-refractivity contribution in [3.8, 4) is 17.6 Å². The topological polar surface area (TPSA) is 77.2 Å². The number of rotatable bonds is 7. The van der Waals surface area contributed by atoms with Gasteiger partial charge in [-0.25, -0.2) is 4.98 Å². The second-order valence-corrected chi connectivity index (χ2v) is 5.47. The Labute approximate surface area is 148 Å². The summed E-state index contributed by atoms with van der Waals surface area (Å²) in [6, 6.07) is 11.0. The van der Waals surface area contributed by atoms with Gasteiger partial charge in [0.2, 0.25) is 0 Å². The molecule has 0 aliphatic rings. The van der Waals surface area contributed by atoms with Crippen LogP contribution in [0, 0.1) is 11.8 Å². The van der Waals surface area contributed by atoms with Crippen molar-refractivity contribution in [3.63, 3.8) is 0 Å². The number of ether oxygens (including phenoxy) is 1. The molecular formula is C20H23N3O2. The number of hydrogen-bond acceptors (Lipinski definition) is 4. The zero-order valence-electron chi connectivity index (χ0n) is 14.4. The molecule has 130 valence electrons. The summed E-state index contributed by atoms with van der Waals surface area (Å²) in [5, 5.41) is 2.84. The van der Waals surface area contributed by atoms with Gasteiger partial charge in [-0.15, -0.1) is 5.92 Å². The first-order chi connectivity index (χ1) is 12.2. The number of unbranched alkanes of at least 4 members (excludes halogenated alkanes) is 1. The molecule has 0 atom stereocenters. The third-order valence-corrected chi connectivity index (χ3v) is 3.43. The maximum atomic E-state index is 12.1. The van der Waals surface area contributed by atoms with E-state index in [9.17, 15) is 4.79 Å². The average Bonchev–Trinajstić information content (AvgIpc) is 2.63. The van der Waals surface area contributed by atoms with E-state index >= 15 is 0 Å². The molecule has 0 aliphatic heterocycles. The van der Waals surface area contributed by atoms with E-state index < -0.39 is 0 Å². The first-order valence-electron chi connectivity index (χ1n) is 8.37. The number of nitrogens with one attached hydrogen (secondary N) is 1. The first kappa shape index (κ1) is 18.3. The number of nitrogen functional groups attached to an aromatic ring is 1. The van der Waals surface area contributed by atoms with Crippen LogP contribution in [0.25, 0.3) is 0 Å². The smallest absolute Gasteiger partial charge is 0.255 e. The number of nitrogens with zero attached hydrogens (tertiary/aromatic N) is 1. The van der Waals surface area contributed by atoms with Crippen LogP contribution < -0.4 is 15.8 Å². The van der Waals surface area contributed by atoms with Gasteiger partial charge in [0.1, 0.15) is 11.6 Å². The Hall–Kier alpha value is -3.00. The summed E-state index contributed by atoms with van der Waals surface area (Å²) in [6.45, 7) is 3.05. The third-order valence-electron chi connectivity index (χ3n) is 3.43. The highest BCUT2D eigenvalue weighted by Gasteiger charge is 2.09. The van der Waals surface area contributed by atoms with E-state index in [1.807, 2.05) is 24.3 Å². The van der Waals surface area contributed by atoms with E-state index in [1.54, 1.807) is 18.3 Å². The van der Waals surface area contributed by atoms with Crippen molar-refractivity contribution in [1.82, 2.24) is 10.3 Å². The van der Waals surface area contributed by atoms with Gasteiger partial charge < -0.3 is 15.8 Å². The maximum absolute atomic E-state index is 12.1. The fourth-order valence-electron chi connectivity index (χ4n) is 2.15. The van der Waals surface area contributed by atoms with E-state index in [1.165, 1.54) is 0 Å². The van der Waals surface area contributed by atoms with Gasteiger partial charge in [0.25, 0.3) is 5.91 Å². The monoisotopic (exact) mass is 337 g/mol. The first-order valence-corrected chi connectivity index (χ1v) is 8.37. The van der Waals surface area contributed by atoms with Gasteiger partial charge in [-0.2, -0.15) is 0 Å². The largest absolute Gasteiger partial charge is 0.493 e. The third kappa shape index (κ3) is 6.19. The zero-order chi connectivity index (χ0) is 17.9. The maximum Gasteiger partial charge on any atom is 0.255 e. The molecular weight excluding hydrogens is 314 g/mol. The Kier molecular flexibility index (Phi) is 7.33. The molecule has 0 aliphatic carbocycles. The lowest BCUT2D eigenvalue weighted by atomic mass is 10.2. The number of hydrogen-bond donors (Lipinski definition) is 2. The van der Waals surface area contributed by atoms with Gasteiger partial charge in [0.05, 0.1) is 12.2 Å². The zero-order valence-corrected chi connectivity index (χ0v) is 14.4. The van der Waals surface area contributed by atoms with Crippen molar-refractivity contribution in [3.05, 3.63) is 53.7 Å². The Morgan fingerprint density at radius 2 is 2.08 bits per heavy atom. The van der Waals surface area contributed by atoms with Crippen LogP contribution in [0.3, 0.4) is 0 Å². The van der Waals surface area contributed by atoms with Crippen LogP contribution in [0.2, 0.25) is 0 Å². The fourth-order valence-corrected chi connectivity index (χ4v) is 2.15. The molecule has 0 saturated heterocycles. The van der Waals surface area contributed by atoms with Gasteiger partial charge in [-0.3, -0.25) is 4.79 Å². The fraction of sp³-hybridized carbons (Fsp3) is 0.300. The van der Waals surface area contributed by atoms with E-state index in [0.717, 1.165) is 24.2 Å². The Bertz CT molecular complexity index is 763. The summed E-state index contributed by atoms with van der Waals surface area (Å²) < 4.78 is 5.69. The van der Waals surface area contributed by atoms with Crippen LogP contribution in [-0.2, 0) is 6.54 Å². The summed E-state index contributed by atoms with van der Waals surface area (Å²) in [6.07, 6.45) is 4.27. The summed E-state index contributed by atoms with van der Waals surface area (Å²) in [5.74, 6) is 6.92. The molecule has 2 aromatic rings. The normalized spacial score (nSPS) is 9.80. The summed E-state index contributed by atoms with van der Waals surface area (Å²) in [4.78, 5) is 16.1. The second-order valence-electron chi connectivity index (χ2n) is 5.47. The predicted octanol–water partition coefficient (Wildman–Crippen LogP) is 3.17. The predicted molar refractivity (Wildman–Crippen MR) is 99.1 cm³/mol. The minimum Gasteiger partial charge on any atom is -0.493 e. The quantitative estimate of drug-likeness (QED) is 0.601. The number of carbonyl (C=O) groups is 1. The van der Waals surface area contributed by atoms with Gasteiger partial charge in [0.15, 0.2) is 0 Å². The van der Waals surface area contributed by atoms with Crippen LogP contribution >= 0.6 is 0 Å². The number of aromatic nitrogens is 1. The van der Waals surface area contributed by atoms with Gasteiger partial charge in [-0.1, -0.05) is 25.0 Å². The van der Waals surface area contributed by atoms with Crippen LogP contribution in [0.4, 0.5) is 5.82 Å². The van der Waals surface area contributed by atoms with Crippen molar-refractivity contribution in [1.29, 1.82) is 0 Å². The van der Waals surface area contributed by atoms with E-state index in [-0.39, 0.29) is 11.7 Å². The van der Waals surface area contributed by atoms with Crippen molar-refractivity contribution >= 4 is 11.7 Å². The Balaban J connectivity index is 1.84. The van der Waals surface area contributed by atoms with Gasteiger partial charge in [0, 0.05) is 25.6 Å². The highest BCUT2D eigenvalue weighted by molar-refractivity contribution is 5.98. The molecule has 0 saturated carbocycles. The number of amides is 1. The molecule has 2 rings (SSSR count). The van der Waals surface area contributed by atoms with Crippen LogP contribution in [-0.4, -0.2) is 17.5 Å². The molecule has 1 amide bonds. The standard InChI is InChI=1S/C20H23N3O2/c1-2-3-4-5-6-13-25-17-10-7-9-16(14-17)15-23-20(24)18-11-8-12-22-19(18)21/h7-12,14H,2-3,6,13,15H2,1H3,(H2,21,22)(H,23,24). The van der Waals surface area contributed by atoms with Gasteiger partial charge >= 0.3 is 0 Å². The van der Waals surface area contributed by atoms with Crippen LogP contribution in [0.15, 0.2) is 42.6 Å². The number of anilines is 1. The lowest BCUT2D eigenvalue weighted by molar-refractivity contribution is 0.0951. The number of pyridine rings is 1. The van der Waals surface area contributed by atoms with E-state index in [2.05, 4.69) is 29.1 Å². The molecule has 0 spiro atoms. The molecule has 1 aromatic carbocycles. The lowest BCUT2D eigenvalue weighted by Gasteiger charge is -2.09.